The van der Waals surface area contributed by atoms with E-state index in [1.54, 1.807) is 0 Å². The normalized spacial score (nSPS) is 17.0. The Morgan fingerprint density at radius 2 is 1.57 bits per heavy atom. The molecule has 0 bridgehead atoms. The average Bonchev–Trinajstić information content (AvgIpc) is 3.39. The van der Waals surface area contributed by atoms with Crippen LogP contribution in [0.3, 0.4) is 0 Å². The fraction of sp³-hybridized carbons (Fsp3) is 0.167. The Hall–Kier alpha value is -2.39. The molecule has 2 aromatic rings. The van der Waals surface area contributed by atoms with Gasteiger partial charge in [-0.1, -0.05) is 67.2 Å². The Balaban J connectivity index is 2.16. The first-order chi connectivity index (χ1) is 10.3. The molecule has 0 aromatic heterocycles. The Kier molecular flexibility index (Phi) is 3.59. The largest absolute Gasteiger partial charge is 0.443 e. The molecule has 3 nitrogen and oxygen atoms in total. The zero-order chi connectivity index (χ0) is 14.7. The lowest BCUT2D eigenvalue weighted by Gasteiger charge is -2.32. The van der Waals surface area contributed by atoms with Crippen molar-refractivity contribution in [1.82, 2.24) is 0 Å². The van der Waals surface area contributed by atoms with E-state index >= 15 is 0 Å². The third-order valence-corrected chi connectivity index (χ3v) is 3.62. The standard InChI is InChI=1S/C18H16O3/c1-2-17(19)21-18(16-13-20-16,14-9-5-3-6-10-14)15-11-7-4-8-12-15/h2-12,16H,1,13H2. The van der Waals surface area contributed by atoms with Crippen molar-refractivity contribution in [3.8, 4) is 0 Å². The van der Waals surface area contributed by atoms with E-state index in [2.05, 4.69) is 6.58 Å². The van der Waals surface area contributed by atoms with Crippen LogP contribution >= 0.6 is 0 Å². The summed E-state index contributed by atoms with van der Waals surface area (Å²) in [6.07, 6.45) is 1.01. The van der Waals surface area contributed by atoms with Gasteiger partial charge in [0.05, 0.1) is 6.61 Å². The van der Waals surface area contributed by atoms with E-state index in [4.69, 9.17) is 9.47 Å². The predicted octanol–water partition coefficient (Wildman–Crippen LogP) is 3.06. The lowest BCUT2D eigenvalue weighted by Crippen LogP contribution is -2.39. The minimum absolute atomic E-state index is 0.175. The fourth-order valence-corrected chi connectivity index (χ4v) is 2.58. The number of hydrogen-bond acceptors (Lipinski definition) is 3. The van der Waals surface area contributed by atoms with Crippen molar-refractivity contribution in [3.63, 3.8) is 0 Å². The summed E-state index contributed by atoms with van der Waals surface area (Å²) in [5, 5.41) is 0. The topological polar surface area (TPSA) is 38.8 Å². The molecular formula is C18H16O3. The second-order valence-corrected chi connectivity index (χ2v) is 4.91. The number of carbonyl (C=O) groups is 1. The molecule has 21 heavy (non-hydrogen) atoms. The molecule has 2 aromatic carbocycles. The van der Waals surface area contributed by atoms with Crippen molar-refractivity contribution in [2.24, 2.45) is 0 Å². The summed E-state index contributed by atoms with van der Waals surface area (Å²) in [6.45, 7) is 4.06. The van der Waals surface area contributed by atoms with Gasteiger partial charge in [0.1, 0.15) is 6.10 Å². The molecule has 1 fully saturated rings. The van der Waals surface area contributed by atoms with Gasteiger partial charge in [0.15, 0.2) is 5.60 Å². The summed E-state index contributed by atoms with van der Waals surface area (Å²) < 4.78 is 11.3. The first kappa shape index (κ1) is 13.6. The van der Waals surface area contributed by atoms with Gasteiger partial charge in [-0.25, -0.2) is 4.79 Å². The van der Waals surface area contributed by atoms with E-state index in [9.17, 15) is 4.79 Å². The lowest BCUT2D eigenvalue weighted by molar-refractivity contribution is -0.152. The van der Waals surface area contributed by atoms with Crippen LogP contribution in [0.25, 0.3) is 0 Å². The molecule has 1 aliphatic heterocycles. The molecule has 0 spiro atoms. The zero-order valence-corrected chi connectivity index (χ0v) is 11.6. The molecule has 3 rings (SSSR count). The van der Waals surface area contributed by atoms with E-state index < -0.39 is 11.6 Å². The van der Waals surface area contributed by atoms with Crippen LogP contribution in [0.15, 0.2) is 73.3 Å². The van der Waals surface area contributed by atoms with Crippen molar-refractivity contribution in [2.75, 3.05) is 6.61 Å². The van der Waals surface area contributed by atoms with Crippen LogP contribution < -0.4 is 0 Å². The monoisotopic (exact) mass is 280 g/mol. The summed E-state index contributed by atoms with van der Waals surface area (Å²) in [7, 11) is 0. The summed E-state index contributed by atoms with van der Waals surface area (Å²) >= 11 is 0. The Morgan fingerprint density at radius 3 is 1.95 bits per heavy atom. The Labute approximate surface area is 123 Å². The molecule has 0 amide bonds. The molecule has 1 aliphatic rings. The molecule has 3 heteroatoms. The highest BCUT2D eigenvalue weighted by molar-refractivity contribution is 5.82. The first-order valence-corrected chi connectivity index (χ1v) is 6.85. The summed E-state index contributed by atoms with van der Waals surface area (Å²) in [4.78, 5) is 11.9. The maximum atomic E-state index is 11.9. The molecule has 106 valence electrons. The van der Waals surface area contributed by atoms with Gasteiger partial charge in [-0.15, -0.1) is 0 Å². The van der Waals surface area contributed by atoms with E-state index in [1.807, 2.05) is 60.7 Å². The zero-order valence-electron chi connectivity index (χ0n) is 11.6. The van der Waals surface area contributed by atoms with Crippen molar-refractivity contribution >= 4 is 5.97 Å². The summed E-state index contributed by atoms with van der Waals surface area (Å²) in [5.41, 5.74) is 0.871. The second-order valence-electron chi connectivity index (χ2n) is 4.91. The third kappa shape index (κ3) is 2.48. The minimum Gasteiger partial charge on any atom is -0.443 e. The van der Waals surface area contributed by atoms with E-state index in [0.717, 1.165) is 11.1 Å². The van der Waals surface area contributed by atoms with Crippen LogP contribution in [0, 0.1) is 0 Å². The van der Waals surface area contributed by atoms with Crippen LogP contribution in [0.2, 0.25) is 0 Å². The SMILES string of the molecule is C=CC(=O)OC(c1ccccc1)(c1ccccc1)C1CO1. The van der Waals surface area contributed by atoms with E-state index in [0.29, 0.717) is 6.61 Å². The quantitative estimate of drug-likeness (QED) is 0.480. The minimum atomic E-state index is -0.923. The molecule has 1 unspecified atom stereocenters. The molecular weight excluding hydrogens is 264 g/mol. The van der Waals surface area contributed by atoms with Gasteiger partial charge in [-0.2, -0.15) is 0 Å². The van der Waals surface area contributed by atoms with Crippen molar-refractivity contribution < 1.29 is 14.3 Å². The highest BCUT2D eigenvalue weighted by Crippen LogP contribution is 2.43. The Morgan fingerprint density at radius 1 is 1.10 bits per heavy atom. The number of carbonyl (C=O) groups excluding carboxylic acids is 1. The molecule has 0 N–H and O–H groups in total. The fourth-order valence-electron chi connectivity index (χ4n) is 2.58. The maximum absolute atomic E-state index is 11.9. The molecule has 1 heterocycles. The lowest BCUT2D eigenvalue weighted by atomic mass is 9.83. The summed E-state index contributed by atoms with van der Waals surface area (Å²) in [5.74, 6) is -0.460. The number of rotatable bonds is 5. The maximum Gasteiger partial charge on any atom is 0.331 e. The molecule has 1 saturated heterocycles. The summed E-state index contributed by atoms with van der Waals surface area (Å²) in [6, 6.07) is 19.4. The number of esters is 1. The van der Waals surface area contributed by atoms with Gasteiger partial charge in [-0.05, 0) is 0 Å². The number of epoxide rings is 1. The van der Waals surface area contributed by atoms with Crippen LogP contribution in [0.1, 0.15) is 11.1 Å². The van der Waals surface area contributed by atoms with E-state index in [1.165, 1.54) is 6.08 Å². The first-order valence-electron chi connectivity index (χ1n) is 6.85. The van der Waals surface area contributed by atoms with Gasteiger partial charge in [0.2, 0.25) is 0 Å². The van der Waals surface area contributed by atoms with Gasteiger partial charge in [0.25, 0.3) is 0 Å². The third-order valence-electron chi connectivity index (χ3n) is 3.62. The van der Waals surface area contributed by atoms with Crippen LogP contribution in [-0.2, 0) is 19.9 Å². The number of ether oxygens (including phenoxy) is 2. The smallest absolute Gasteiger partial charge is 0.331 e. The molecule has 0 radical (unpaired) electrons. The van der Waals surface area contributed by atoms with Crippen molar-refractivity contribution in [1.29, 1.82) is 0 Å². The van der Waals surface area contributed by atoms with Crippen molar-refractivity contribution in [3.05, 3.63) is 84.4 Å². The number of hydrogen-bond donors (Lipinski definition) is 0. The number of benzene rings is 2. The predicted molar refractivity (Wildman–Crippen MR) is 79.7 cm³/mol. The van der Waals surface area contributed by atoms with Crippen LogP contribution in [0.4, 0.5) is 0 Å². The Bertz CT molecular complexity index is 591. The average molecular weight is 280 g/mol. The van der Waals surface area contributed by atoms with Crippen LogP contribution in [-0.4, -0.2) is 18.7 Å². The van der Waals surface area contributed by atoms with Gasteiger partial charge >= 0.3 is 5.97 Å². The van der Waals surface area contributed by atoms with Gasteiger partial charge in [0, 0.05) is 17.2 Å². The highest BCUT2D eigenvalue weighted by atomic mass is 16.6. The molecule has 1 atom stereocenters. The highest BCUT2D eigenvalue weighted by Gasteiger charge is 2.52. The molecule has 0 saturated carbocycles. The van der Waals surface area contributed by atoms with Gasteiger partial charge in [-0.3, -0.25) is 0 Å². The van der Waals surface area contributed by atoms with Crippen LogP contribution in [0.5, 0.6) is 0 Å². The van der Waals surface area contributed by atoms with Crippen molar-refractivity contribution in [2.45, 2.75) is 11.7 Å². The molecule has 0 aliphatic carbocycles. The van der Waals surface area contributed by atoms with E-state index in [-0.39, 0.29) is 6.10 Å². The second kappa shape index (κ2) is 5.54. The van der Waals surface area contributed by atoms with Gasteiger partial charge < -0.3 is 9.47 Å².